The van der Waals surface area contributed by atoms with Crippen molar-refractivity contribution in [2.45, 2.75) is 25.3 Å². The lowest BCUT2D eigenvalue weighted by Crippen LogP contribution is -2.22. The van der Waals surface area contributed by atoms with Crippen LogP contribution in [-0.4, -0.2) is 25.8 Å². The molecule has 84 valence electrons. The van der Waals surface area contributed by atoms with Crippen LogP contribution in [0.25, 0.3) is 0 Å². The van der Waals surface area contributed by atoms with E-state index in [0.29, 0.717) is 0 Å². The second kappa shape index (κ2) is 5.99. The van der Waals surface area contributed by atoms with E-state index in [1.165, 1.54) is 22.2 Å². The normalized spacial score (nSPS) is 15.8. The van der Waals surface area contributed by atoms with Gasteiger partial charge in [-0.15, -0.1) is 11.3 Å². The summed E-state index contributed by atoms with van der Waals surface area (Å²) < 4.78 is 6.78. The zero-order valence-corrected chi connectivity index (χ0v) is 11.1. The van der Waals surface area contributed by atoms with Crippen molar-refractivity contribution in [2.24, 2.45) is 0 Å². The van der Waals surface area contributed by atoms with Gasteiger partial charge in [0, 0.05) is 28.4 Å². The highest BCUT2D eigenvalue weighted by molar-refractivity contribution is 9.10. The van der Waals surface area contributed by atoms with Crippen LogP contribution >= 0.6 is 27.3 Å². The summed E-state index contributed by atoms with van der Waals surface area (Å²) >= 11 is 5.30. The standard InChI is InChI=1S/C11H16BrNOS/c12-10-4-8-15-11(10)3-6-14-7-5-13-9-1-2-9/h4,8-9,13H,1-3,5-7H2. The lowest BCUT2D eigenvalue weighted by molar-refractivity contribution is 0.139. The maximum absolute atomic E-state index is 5.56. The van der Waals surface area contributed by atoms with Gasteiger partial charge in [-0.2, -0.15) is 0 Å². The third-order valence-electron chi connectivity index (χ3n) is 2.42. The maximum atomic E-state index is 5.56. The summed E-state index contributed by atoms with van der Waals surface area (Å²) in [6.45, 7) is 2.65. The predicted molar refractivity (Wildman–Crippen MR) is 67.6 cm³/mol. The van der Waals surface area contributed by atoms with Gasteiger partial charge in [0.2, 0.25) is 0 Å². The topological polar surface area (TPSA) is 21.3 Å². The van der Waals surface area contributed by atoms with Crippen molar-refractivity contribution in [3.05, 3.63) is 20.8 Å². The van der Waals surface area contributed by atoms with Crippen molar-refractivity contribution >= 4 is 27.3 Å². The molecule has 0 amide bonds. The maximum Gasteiger partial charge on any atom is 0.0591 e. The van der Waals surface area contributed by atoms with Crippen LogP contribution in [0.1, 0.15) is 17.7 Å². The van der Waals surface area contributed by atoms with Crippen LogP contribution in [0, 0.1) is 0 Å². The van der Waals surface area contributed by atoms with E-state index in [0.717, 1.165) is 32.2 Å². The number of hydrogen-bond acceptors (Lipinski definition) is 3. The van der Waals surface area contributed by atoms with Crippen molar-refractivity contribution in [2.75, 3.05) is 19.8 Å². The van der Waals surface area contributed by atoms with Crippen LogP contribution in [0.15, 0.2) is 15.9 Å². The van der Waals surface area contributed by atoms with Gasteiger partial charge >= 0.3 is 0 Å². The predicted octanol–water partition coefficient (Wildman–Crippen LogP) is 2.82. The highest BCUT2D eigenvalue weighted by Crippen LogP contribution is 2.22. The van der Waals surface area contributed by atoms with Crippen LogP contribution in [0.2, 0.25) is 0 Å². The first-order chi connectivity index (χ1) is 7.36. The minimum atomic E-state index is 0.792. The van der Waals surface area contributed by atoms with Crippen molar-refractivity contribution in [3.8, 4) is 0 Å². The minimum Gasteiger partial charge on any atom is -0.380 e. The Labute approximate surface area is 103 Å². The Kier molecular flexibility index (Phi) is 4.62. The summed E-state index contributed by atoms with van der Waals surface area (Å²) in [6.07, 6.45) is 3.71. The molecule has 0 aliphatic heterocycles. The van der Waals surface area contributed by atoms with Crippen LogP contribution in [-0.2, 0) is 11.2 Å². The molecule has 2 nitrogen and oxygen atoms in total. The monoisotopic (exact) mass is 289 g/mol. The van der Waals surface area contributed by atoms with E-state index >= 15 is 0 Å². The molecule has 1 aliphatic rings. The molecule has 0 unspecified atom stereocenters. The molecule has 2 rings (SSSR count). The van der Waals surface area contributed by atoms with E-state index in [2.05, 4.69) is 32.7 Å². The fourth-order valence-corrected chi connectivity index (χ4v) is 2.93. The molecule has 0 bridgehead atoms. The molecule has 1 aromatic heterocycles. The van der Waals surface area contributed by atoms with E-state index in [4.69, 9.17) is 4.74 Å². The van der Waals surface area contributed by atoms with E-state index in [-0.39, 0.29) is 0 Å². The minimum absolute atomic E-state index is 0.792. The fourth-order valence-electron chi connectivity index (χ4n) is 1.39. The van der Waals surface area contributed by atoms with Crippen LogP contribution in [0.5, 0.6) is 0 Å². The number of rotatable bonds is 7. The van der Waals surface area contributed by atoms with Crippen molar-refractivity contribution in [1.82, 2.24) is 5.32 Å². The van der Waals surface area contributed by atoms with Gasteiger partial charge < -0.3 is 10.1 Å². The third-order valence-corrected chi connectivity index (χ3v) is 4.41. The van der Waals surface area contributed by atoms with Gasteiger partial charge in [-0.05, 0) is 40.2 Å². The lowest BCUT2D eigenvalue weighted by Gasteiger charge is -2.04. The summed E-state index contributed by atoms with van der Waals surface area (Å²) in [5.41, 5.74) is 0. The van der Waals surface area contributed by atoms with E-state index in [1.807, 2.05) is 0 Å². The lowest BCUT2D eigenvalue weighted by atomic mass is 10.4. The molecule has 0 radical (unpaired) electrons. The van der Waals surface area contributed by atoms with Gasteiger partial charge in [-0.3, -0.25) is 0 Å². The zero-order valence-electron chi connectivity index (χ0n) is 8.67. The Morgan fingerprint density at radius 3 is 3.00 bits per heavy atom. The Morgan fingerprint density at radius 1 is 1.47 bits per heavy atom. The highest BCUT2D eigenvalue weighted by atomic mass is 79.9. The molecular weight excluding hydrogens is 274 g/mol. The van der Waals surface area contributed by atoms with Crippen molar-refractivity contribution < 1.29 is 4.74 Å². The smallest absolute Gasteiger partial charge is 0.0591 e. The van der Waals surface area contributed by atoms with E-state index in [1.54, 1.807) is 11.3 Å². The van der Waals surface area contributed by atoms with Crippen molar-refractivity contribution in [3.63, 3.8) is 0 Å². The highest BCUT2D eigenvalue weighted by Gasteiger charge is 2.19. The summed E-state index contributed by atoms with van der Waals surface area (Å²) in [6, 6.07) is 2.88. The van der Waals surface area contributed by atoms with Crippen LogP contribution < -0.4 is 5.32 Å². The Balaban J connectivity index is 1.49. The molecule has 1 heterocycles. The molecule has 1 aliphatic carbocycles. The summed E-state index contributed by atoms with van der Waals surface area (Å²) in [4.78, 5) is 1.38. The van der Waals surface area contributed by atoms with Gasteiger partial charge in [0.05, 0.1) is 13.2 Å². The number of halogens is 1. The Bertz CT molecular complexity index is 299. The largest absolute Gasteiger partial charge is 0.380 e. The molecule has 0 spiro atoms. The van der Waals surface area contributed by atoms with E-state index in [9.17, 15) is 0 Å². The van der Waals surface area contributed by atoms with Gasteiger partial charge in [0.1, 0.15) is 0 Å². The second-order valence-electron chi connectivity index (χ2n) is 3.78. The number of hydrogen-bond donors (Lipinski definition) is 1. The Morgan fingerprint density at radius 2 is 2.33 bits per heavy atom. The van der Waals surface area contributed by atoms with Gasteiger partial charge in [-0.1, -0.05) is 0 Å². The molecule has 15 heavy (non-hydrogen) atoms. The van der Waals surface area contributed by atoms with Crippen LogP contribution in [0.4, 0.5) is 0 Å². The zero-order chi connectivity index (χ0) is 10.5. The van der Waals surface area contributed by atoms with Gasteiger partial charge in [-0.25, -0.2) is 0 Å². The average Bonchev–Trinajstić information content (AvgIpc) is 2.96. The molecular formula is C11H16BrNOS. The van der Waals surface area contributed by atoms with Gasteiger partial charge in [0.15, 0.2) is 0 Å². The molecule has 0 atom stereocenters. The molecule has 0 saturated heterocycles. The molecule has 0 aromatic carbocycles. The van der Waals surface area contributed by atoms with Gasteiger partial charge in [0.25, 0.3) is 0 Å². The first kappa shape index (κ1) is 11.6. The second-order valence-corrected chi connectivity index (χ2v) is 5.64. The summed E-state index contributed by atoms with van der Waals surface area (Å²) in [5.74, 6) is 0. The van der Waals surface area contributed by atoms with E-state index < -0.39 is 0 Å². The molecule has 1 N–H and O–H groups in total. The molecule has 4 heteroatoms. The fraction of sp³-hybridized carbons (Fsp3) is 0.636. The quantitative estimate of drug-likeness (QED) is 0.780. The Hall–Kier alpha value is 0.1000. The average molecular weight is 290 g/mol. The number of nitrogens with one attached hydrogen (secondary N) is 1. The first-order valence-corrected chi connectivity index (χ1v) is 7.06. The summed E-state index contributed by atoms with van der Waals surface area (Å²) in [5, 5.41) is 5.54. The molecule has 1 fully saturated rings. The number of ether oxygens (including phenoxy) is 1. The third kappa shape index (κ3) is 4.23. The van der Waals surface area contributed by atoms with Crippen molar-refractivity contribution in [1.29, 1.82) is 0 Å². The SMILES string of the molecule is Brc1ccsc1CCOCCNC1CC1. The number of thiophene rings is 1. The molecule has 1 saturated carbocycles. The van der Waals surface area contributed by atoms with Crippen LogP contribution in [0.3, 0.4) is 0 Å². The summed E-state index contributed by atoms with van der Waals surface area (Å²) in [7, 11) is 0. The first-order valence-electron chi connectivity index (χ1n) is 5.39. The molecule has 1 aromatic rings.